The van der Waals surface area contributed by atoms with Crippen molar-refractivity contribution in [1.29, 1.82) is 5.26 Å². The van der Waals surface area contributed by atoms with Gasteiger partial charge >= 0.3 is 0 Å². The number of hydrogen-bond donors (Lipinski definition) is 0. The van der Waals surface area contributed by atoms with E-state index in [1.165, 1.54) is 12.8 Å². The summed E-state index contributed by atoms with van der Waals surface area (Å²) in [4.78, 5) is 0. The van der Waals surface area contributed by atoms with Crippen molar-refractivity contribution < 1.29 is 0 Å². The molecule has 1 unspecified atom stereocenters. The Hall–Kier alpha value is -0.510. The molecule has 0 heterocycles. The summed E-state index contributed by atoms with van der Waals surface area (Å²) in [5.41, 5.74) is 0.281. The number of rotatable bonds is 4. The van der Waals surface area contributed by atoms with Crippen molar-refractivity contribution in [3.8, 4) is 6.07 Å². The van der Waals surface area contributed by atoms with E-state index in [2.05, 4.69) is 26.8 Å². The quantitative estimate of drug-likeness (QED) is 0.620. The molecule has 0 aromatic carbocycles. The fourth-order valence-electron chi connectivity index (χ4n) is 1.18. The van der Waals surface area contributed by atoms with Gasteiger partial charge in [0.25, 0.3) is 0 Å². The van der Waals surface area contributed by atoms with Crippen LogP contribution in [0.3, 0.4) is 0 Å². The van der Waals surface area contributed by atoms with Crippen molar-refractivity contribution in [3.63, 3.8) is 0 Å². The highest BCUT2D eigenvalue weighted by Crippen LogP contribution is 2.30. The third-order valence-corrected chi connectivity index (χ3v) is 2.21. The molecule has 0 spiro atoms. The van der Waals surface area contributed by atoms with E-state index in [1.54, 1.807) is 0 Å². The summed E-state index contributed by atoms with van der Waals surface area (Å²) in [7, 11) is 0. The maximum atomic E-state index is 8.51. The third-order valence-electron chi connectivity index (χ3n) is 2.21. The van der Waals surface area contributed by atoms with Crippen LogP contribution < -0.4 is 0 Å². The van der Waals surface area contributed by atoms with Gasteiger partial charge in [0, 0.05) is 6.42 Å². The molecule has 1 atom stereocenters. The maximum Gasteiger partial charge on any atom is 0.0627 e. The van der Waals surface area contributed by atoms with Gasteiger partial charge in [-0.3, -0.25) is 0 Å². The lowest BCUT2D eigenvalue weighted by Gasteiger charge is -2.23. The molecule has 0 radical (unpaired) electrons. The molecular formula is C11H23N. The Morgan fingerprint density at radius 2 is 1.75 bits per heavy atom. The fraction of sp³-hybridized carbons (Fsp3) is 0.909. The zero-order valence-corrected chi connectivity index (χ0v) is 9.28. The van der Waals surface area contributed by atoms with Gasteiger partial charge < -0.3 is 0 Å². The van der Waals surface area contributed by atoms with E-state index < -0.39 is 0 Å². The van der Waals surface area contributed by atoms with E-state index in [1.807, 2.05) is 13.8 Å². The highest BCUT2D eigenvalue weighted by molar-refractivity contribution is 4.83. The van der Waals surface area contributed by atoms with Gasteiger partial charge in [-0.1, -0.05) is 41.0 Å². The topological polar surface area (TPSA) is 23.8 Å². The van der Waals surface area contributed by atoms with Crippen LogP contribution in [-0.2, 0) is 0 Å². The van der Waals surface area contributed by atoms with Crippen LogP contribution in [0.15, 0.2) is 0 Å². The van der Waals surface area contributed by atoms with Crippen molar-refractivity contribution in [3.05, 3.63) is 0 Å². The van der Waals surface area contributed by atoms with Gasteiger partial charge in [-0.2, -0.15) is 5.26 Å². The lowest BCUT2D eigenvalue weighted by molar-refractivity contribution is 0.289. The van der Waals surface area contributed by atoms with Gasteiger partial charge in [0.05, 0.1) is 6.07 Å². The van der Waals surface area contributed by atoms with Crippen LogP contribution in [0.1, 0.15) is 60.3 Å². The molecule has 0 aliphatic heterocycles. The van der Waals surface area contributed by atoms with E-state index in [9.17, 15) is 0 Å². The Kier molecular flexibility index (Phi) is 10.0. The van der Waals surface area contributed by atoms with Crippen LogP contribution in [0.25, 0.3) is 0 Å². The van der Waals surface area contributed by atoms with Crippen LogP contribution >= 0.6 is 0 Å². The van der Waals surface area contributed by atoms with Crippen LogP contribution in [0.4, 0.5) is 0 Å². The van der Waals surface area contributed by atoms with Gasteiger partial charge in [0.15, 0.2) is 0 Å². The number of nitrogens with zero attached hydrogens (tertiary/aromatic N) is 1. The summed E-state index contributed by atoms with van der Waals surface area (Å²) >= 11 is 0. The Labute approximate surface area is 77.8 Å². The lowest BCUT2D eigenvalue weighted by atomic mass is 9.80. The lowest BCUT2D eigenvalue weighted by Crippen LogP contribution is -2.13. The van der Waals surface area contributed by atoms with E-state index in [0.29, 0.717) is 6.42 Å². The van der Waals surface area contributed by atoms with Crippen molar-refractivity contribution in [2.75, 3.05) is 0 Å². The summed E-state index contributed by atoms with van der Waals surface area (Å²) in [5.74, 6) is 0. The molecule has 0 aliphatic rings. The number of hydrogen-bond acceptors (Lipinski definition) is 1. The van der Waals surface area contributed by atoms with Gasteiger partial charge in [-0.05, 0) is 18.3 Å². The molecule has 0 bridgehead atoms. The van der Waals surface area contributed by atoms with E-state index in [4.69, 9.17) is 5.26 Å². The average Bonchev–Trinajstić information content (AvgIpc) is 2.09. The van der Waals surface area contributed by atoms with E-state index >= 15 is 0 Å². The van der Waals surface area contributed by atoms with E-state index in [0.717, 1.165) is 6.42 Å². The minimum atomic E-state index is 0.281. The minimum absolute atomic E-state index is 0.281. The first-order chi connectivity index (χ1) is 5.68. The second kappa shape index (κ2) is 8.59. The zero-order chi connectivity index (χ0) is 10.0. The Balaban J connectivity index is 0. The Morgan fingerprint density at radius 3 is 2.00 bits per heavy atom. The molecular weight excluding hydrogens is 146 g/mol. The molecule has 0 aliphatic carbocycles. The molecule has 0 N–H and O–H groups in total. The van der Waals surface area contributed by atoms with E-state index in [-0.39, 0.29) is 5.41 Å². The first-order valence-electron chi connectivity index (χ1n) is 5.05. The SMILES string of the molecule is CC.CCCC(C)(CC)CC#N. The molecule has 0 aromatic rings. The number of nitriles is 1. The zero-order valence-electron chi connectivity index (χ0n) is 9.28. The average molecular weight is 169 g/mol. The Morgan fingerprint density at radius 1 is 1.25 bits per heavy atom. The third kappa shape index (κ3) is 6.22. The minimum Gasteiger partial charge on any atom is -0.198 e. The second-order valence-corrected chi connectivity index (χ2v) is 3.25. The Bertz CT molecular complexity index is 123. The van der Waals surface area contributed by atoms with Crippen molar-refractivity contribution in [1.82, 2.24) is 0 Å². The van der Waals surface area contributed by atoms with Crippen LogP contribution in [0.5, 0.6) is 0 Å². The van der Waals surface area contributed by atoms with Gasteiger partial charge in [-0.25, -0.2) is 0 Å². The summed E-state index contributed by atoms with van der Waals surface area (Å²) in [6, 6.07) is 2.24. The van der Waals surface area contributed by atoms with Gasteiger partial charge in [-0.15, -0.1) is 0 Å². The summed E-state index contributed by atoms with van der Waals surface area (Å²) in [6.07, 6.45) is 4.19. The normalized spacial score (nSPS) is 13.7. The first-order valence-corrected chi connectivity index (χ1v) is 5.05. The molecule has 0 rings (SSSR count). The van der Waals surface area contributed by atoms with Gasteiger partial charge in [0.2, 0.25) is 0 Å². The summed E-state index contributed by atoms with van der Waals surface area (Å²) < 4.78 is 0. The van der Waals surface area contributed by atoms with Crippen molar-refractivity contribution >= 4 is 0 Å². The first kappa shape index (κ1) is 14.0. The van der Waals surface area contributed by atoms with Crippen molar-refractivity contribution in [2.45, 2.75) is 60.3 Å². The molecule has 1 nitrogen and oxygen atoms in total. The predicted octanol–water partition coefficient (Wildman–Crippen LogP) is 4.14. The largest absolute Gasteiger partial charge is 0.198 e. The predicted molar refractivity (Wildman–Crippen MR) is 54.9 cm³/mol. The monoisotopic (exact) mass is 169 g/mol. The molecule has 0 saturated heterocycles. The summed E-state index contributed by atoms with van der Waals surface area (Å²) in [6.45, 7) is 10.5. The molecule has 12 heavy (non-hydrogen) atoms. The molecule has 0 aromatic heterocycles. The van der Waals surface area contributed by atoms with Gasteiger partial charge in [0.1, 0.15) is 0 Å². The second-order valence-electron chi connectivity index (χ2n) is 3.25. The molecule has 72 valence electrons. The highest BCUT2D eigenvalue weighted by atomic mass is 14.3. The molecule has 0 saturated carbocycles. The van der Waals surface area contributed by atoms with Crippen LogP contribution in [-0.4, -0.2) is 0 Å². The smallest absolute Gasteiger partial charge is 0.0627 e. The van der Waals surface area contributed by atoms with Crippen LogP contribution in [0, 0.1) is 16.7 Å². The molecule has 0 amide bonds. The maximum absolute atomic E-state index is 8.51. The highest BCUT2D eigenvalue weighted by Gasteiger charge is 2.19. The fourth-order valence-corrected chi connectivity index (χ4v) is 1.18. The molecule has 0 fully saturated rings. The van der Waals surface area contributed by atoms with Crippen LogP contribution in [0.2, 0.25) is 0 Å². The standard InChI is InChI=1S/C9H17N.C2H6/c1-4-6-9(3,5-2)7-8-10;1-2/h4-7H2,1-3H3;1-2H3. The summed E-state index contributed by atoms with van der Waals surface area (Å²) in [5, 5.41) is 8.51. The van der Waals surface area contributed by atoms with Crippen molar-refractivity contribution in [2.24, 2.45) is 5.41 Å². The molecule has 1 heteroatoms.